The Morgan fingerprint density at radius 1 is 1.44 bits per heavy atom. The molecule has 0 aliphatic heterocycles. The first-order valence-corrected chi connectivity index (χ1v) is 4.06. The highest BCUT2D eigenvalue weighted by Crippen LogP contribution is 2.14. The summed E-state index contributed by atoms with van der Waals surface area (Å²) in [5.74, 6) is 0. The molecule has 2 N–H and O–H groups in total. The van der Waals surface area contributed by atoms with Gasteiger partial charge >= 0.3 is 0 Å². The third-order valence-corrected chi connectivity index (χ3v) is 2.28. The Balaban J connectivity index is 2.85. The van der Waals surface area contributed by atoms with Gasteiger partial charge in [-0.05, 0) is 28.3 Å². The van der Waals surface area contributed by atoms with Gasteiger partial charge in [0.2, 0.25) is 0 Å². The highest BCUT2D eigenvalue weighted by atomic mass is 32.1. The number of hydrogen-bond acceptors (Lipinski definition) is 2. The maximum absolute atomic E-state index is 5.48. The standard InChI is InChI=1S/C7H11NS/c1-2-6-4-9-5-7(6)3-8/h4-5H,2-3,8H2,1H3. The molecule has 0 fully saturated rings. The average molecular weight is 141 g/mol. The molecule has 0 atom stereocenters. The van der Waals surface area contributed by atoms with Crippen LogP contribution in [0.25, 0.3) is 0 Å². The van der Waals surface area contributed by atoms with Crippen molar-refractivity contribution in [3.63, 3.8) is 0 Å². The van der Waals surface area contributed by atoms with Crippen molar-refractivity contribution >= 4 is 11.3 Å². The normalized spacial score (nSPS) is 10.0. The highest BCUT2D eigenvalue weighted by molar-refractivity contribution is 7.08. The second-order valence-electron chi connectivity index (χ2n) is 1.98. The summed E-state index contributed by atoms with van der Waals surface area (Å²) in [6.07, 6.45) is 1.11. The van der Waals surface area contributed by atoms with Crippen molar-refractivity contribution in [2.24, 2.45) is 5.73 Å². The largest absolute Gasteiger partial charge is 0.326 e. The molecule has 0 aromatic carbocycles. The molecule has 0 saturated heterocycles. The van der Waals surface area contributed by atoms with E-state index < -0.39 is 0 Å². The summed E-state index contributed by atoms with van der Waals surface area (Å²) < 4.78 is 0. The van der Waals surface area contributed by atoms with Crippen LogP contribution in [0.15, 0.2) is 10.8 Å². The van der Waals surface area contributed by atoms with Crippen LogP contribution in [0.1, 0.15) is 18.1 Å². The summed E-state index contributed by atoms with van der Waals surface area (Å²) >= 11 is 1.74. The zero-order valence-corrected chi connectivity index (χ0v) is 6.37. The first kappa shape index (κ1) is 6.78. The molecule has 0 unspecified atom stereocenters. The number of nitrogens with two attached hydrogens (primary N) is 1. The predicted molar refractivity (Wildman–Crippen MR) is 41.6 cm³/mol. The maximum Gasteiger partial charge on any atom is 0.0189 e. The SMILES string of the molecule is CCc1cscc1CN. The van der Waals surface area contributed by atoms with Crippen LogP contribution in [0, 0.1) is 0 Å². The van der Waals surface area contributed by atoms with E-state index in [-0.39, 0.29) is 0 Å². The minimum atomic E-state index is 0.687. The van der Waals surface area contributed by atoms with Gasteiger partial charge in [-0.1, -0.05) is 6.92 Å². The average Bonchev–Trinajstić information content (AvgIpc) is 2.33. The molecule has 0 radical (unpaired) electrons. The van der Waals surface area contributed by atoms with E-state index >= 15 is 0 Å². The lowest BCUT2D eigenvalue weighted by atomic mass is 10.1. The first-order chi connectivity index (χ1) is 4.38. The molecule has 0 amide bonds. The maximum atomic E-state index is 5.48. The Kier molecular flexibility index (Phi) is 2.25. The fourth-order valence-electron chi connectivity index (χ4n) is 0.839. The summed E-state index contributed by atoms with van der Waals surface area (Å²) in [4.78, 5) is 0. The first-order valence-electron chi connectivity index (χ1n) is 3.12. The third kappa shape index (κ3) is 1.32. The zero-order chi connectivity index (χ0) is 6.69. The van der Waals surface area contributed by atoms with Gasteiger partial charge in [0, 0.05) is 6.54 Å². The van der Waals surface area contributed by atoms with Crippen molar-refractivity contribution in [1.29, 1.82) is 0 Å². The van der Waals surface area contributed by atoms with Crippen LogP contribution < -0.4 is 5.73 Å². The van der Waals surface area contributed by atoms with Gasteiger partial charge in [0.25, 0.3) is 0 Å². The fourth-order valence-corrected chi connectivity index (χ4v) is 1.80. The van der Waals surface area contributed by atoms with Gasteiger partial charge in [-0.2, -0.15) is 11.3 Å². The highest BCUT2D eigenvalue weighted by Gasteiger charge is 1.96. The molecule has 0 aliphatic rings. The van der Waals surface area contributed by atoms with Crippen LogP contribution >= 0.6 is 11.3 Å². The van der Waals surface area contributed by atoms with Gasteiger partial charge in [0.05, 0.1) is 0 Å². The van der Waals surface area contributed by atoms with Crippen LogP contribution in [0.4, 0.5) is 0 Å². The summed E-state index contributed by atoms with van der Waals surface area (Å²) in [6.45, 7) is 2.84. The topological polar surface area (TPSA) is 26.0 Å². The Morgan fingerprint density at radius 3 is 2.56 bits per heavy atom. The van der Waals surface area contributed by atoms with Gasteiger partial charge in [0.1, 0.15) is 0 Å². The Labute approximate surface area is 59.5 Å². The summed E-state index contributed by atoms with van der Waals surface area (Å²) in [5.41, 5.74) is 8.19. The second-order valence-corrected chi connectivity index (χ2v) is 2.72. The van der Waals surface area contributed by atoms with Crippen molar-refractivity contribution < 1.29 is 0 Å². The second kappa shape index (κ2) is 2.99. The molecule has 1 rings (SSSR count). The van der Waals surface area contributed by atoms with E-state index in [1.807, 2.05) is 0 Å². The molecule has 1 aromatic heterocycles. The molecule has 0 saturated carbocycles. The third-order valence-electron chi connectivity index (χ3n) is 1.43. The van der Waals surface area contributed by atoms with Crippen LogP contribution in [0.2, 0.25) is 0 Å². The Bertz CT molecular complexity index is 162. The number of thiophene rings is 1. The number of hydrogen-bond donors (Lipinski definition) is 1. The van der Waals surface area contributed by atoms with Crippen molar-refractivity contribution in [2.45, 2.75) is 19.9 Å². The molecule has 1 aromatic rings. The van der Waals surface area contributed by atoms with Crippen LogP contribution in [-0.2, 0) is 13.0 Å². The molecule has 1 nitrogen and oxygen atoms in total. The number of aryl methyl sites for hydroxylation is 1. The van der Waals surface area contributed by atoms with Crippen molar-refractivity contribution in [1.82, 2.24) is 0 Å². The Morgan fingerprint density at radius 2 is 2.11 bits per heavy atom. The molecule has 1 heterocycles. The van der Waals surface area contributed by atoms with Crippen LogP contribution in [0.3, 0.4) is 0 Å². The van der Waals surface area contributed by atoms with Gasteiger partial charge in [-0.15, -0.1) is 0 Å². The molecule has 0 spiro atoms. The van der Waals surface area contributed by atoms with E-state index in [0.717, 1.165) is 6.42 Å². The quantitative estimate of drug-likeness (QED) is 0.667. The molecule has 9 heavy (non-hydrogen) atoms. The smallest absolute Gasteiger partial charge is 0.0189 e. The molecule has 2 heteroatoms. The minimum absolute atomic E-state index is 0.687. The summed E-state index contributed by atoms with van der Waals surface area (Å²) in [6, 6.07) is 0. The predicted octanol–water partition coefficient (Wildman–Crippen LogP) is 1.77. The van der Waals surface area contributed by atoms with Crippen LogP contribution in [0.5, 0.6) is 0 Å². The van der Waals surface area contributed by atoms with E-state index in [0.29, 0.717) is 6.54 Å². The number of rotatable bonds is 2. The van der Waals surface area contributed by atoms with Crippen molar-refractivity contribution in [3.05, 3.63) is 21.9 Å². The van der Waals surface area contributed by atoms with Gasteiger partial charge in [0.15, 0.2) is 0 Å². The minimum Gasteiger partial charge on any atom is -0.326 e. The van der Waals surface area contributed by atoms with E-state index in [4.69, 9.17) is 5.73 Å². The van der Waals surface area contributed by atoms with E-state index in [1.54, 1.807) is 11.3 Å². The molecular weight excluding hydrogens is 130 g/mol. The van der Waals surface area contributed by atoms with Crippen molar-refractivity contribution in [2.75, 3.05) is 0 Å². The molecule has 0 bridgehead atoms. The van der Waals surface area contributed by atoms with Gasteiger partial charge < -0.3 is 5.73 Å². The fraction of sp³-hybridized carbons (Fsp3) is 0.429. The van der Waals surface area contributed by atoms with E-state index in [9.17, 15) is 0 Å². The molecule has 50 valence electrons. The molecular formula is C7H11NS. The van der Waals surface area contributed by atoms with E-state index in [2.05, 4.69) is 17.7 Å². The molecule has 0 aliphatic carbocycles. The summed E-state index contributed by atoms with van der Waals surface area (Å²) in [5, 5.41) is 4.29. The van der Waals surface area contributed by atoms with Gasteiger partial charge in [-0.25, -0.2) is 0 Å². The van der Waals surface area contributed by atoms with Crippen molar-refractivity contribution in [3.8, 4) is 0 Å². The lowest BCUT2D eigenvalue weighted by Gasteiger charge is -1.93. The monoisotopic (exact) mass is 141 g/mol. The lowest BCUT2D eigenvalue weighted by molar-refractivity contribution is 1.02. The summed E-state index contributed by atoms with van der Waals surface area (Å²) in [7, 11) is 0. The van der Waals surface area contributed by atoms with Gasteiger partial charge in [-0.3, -0.25) is 0 Å². The zero-order valence-electron chi connectivity index (χ0n) is 5.55. The Hall–Kier alpha value is -0.340. The lowest BCUT2D eigenvalue weighted by Crippen LogP contribution is -1.96. The van der Waals surface area contributed by atoms with E-state index in [1.165, 1.54) is 11.1 Å². The van der Waals surface area contributed by atoms with Crippen LogP contribution in [-0.4, -0.2) is 0 Å².